The molecule has 142 valence electrons. The Morgan fingerprint density at radius 3 is 2.15 bits per heavy atom. The molecule has 0 spiro atoms. The SMILES string of the molecule is Cn1nc(-c2ccc(Cl)cc2)cc1NS(=O)(=O)c1ccc(C(C)(C)C)cc1. The van der Waals surface area contributed by atoms with Crippen molar-refractivity contribution in [2.45, 2.75) is 31.1 Å². The first kappa shape index (κ1) is 19.5. The molecular formula is C20H22ClN3O2S. The number of rotatable bonds is 4. The molecule has 0 bridgehead atoms. The van der Waals surface area contributed by atoms with Crippen molar-refractivity contribution in [1.29, 1.82) is 0 Å². The number of aromatic nitrogens is 2. The van der Waals surface area contributed by atoms with Crippen molar-refractivity contribution < 1.29 is 8.42 Å². The van der Waals surface area contributed by atoms with Crippen LogP contribution in [0.1, 0.15) is 26.3 Å². The molecule has 3 rings (SSSR count). The standard InChI is InChI=1S/C20H22ClN3O2S/c1-20(2,3)15-7-11-17(12-8-15)27(25,26)23-19-13-18(22-24(19)4)14-5-9-16(21)10-6-14/h5-13,23H,1-4H3. The average molecular weight is 404 g/mol. The Kier molecular flexibility index (Phi) is 5.06. The van der Waals surface area contributed by atoms with E-state index in [-0.39, 0.29) is 10.3 Å². The number of sulfonamides is 1. The van der Waals surface area contributed by atoms with Gasteiger partial charge in [-0.05, 0) is 35.2 Å². The third-order valence-electron chi connectivity index (χ3n) is 4.29. The molecule has 0 saturated carbocycles. The molecule has 1 N–H and O–H groups in total. The molecule has 5 nitrogen and oxygen atoms in total. The highest BCUT2D eigenvalue weighted by Crippen LogP contribution is 2.26. The van der Waals surface area contributed by atoms with Crippen LogP contribution in [0.4, 0.5) is 5.82 Å². The van der Waals surface area contributed by atoms with Crippen molar-refractivity contribution in [3.63, 3.8) is 0 Å². The summed E-state index contributed by atoms with van der Waals surface area (Å²) in [7, 11) is -2.01. The minimum absolute atomic E-state index is 0.0365. The summed E-state index contributed by atoms with van der Waals surface area (Å²) in [6, 6.07) is 15.9. The summed E-state index contributed by atoms with van der Waals surface area (Å²) >= 11 is 5.91. The number of hydrogen-bond acceptors (Lipinski definition) is 3. The number of nitrogens with one attached hydrogen (secondary N) is 1. The number of nitrogens with zero attached hydrogens (tertiary/aromatic N) is 2. The zero-order chi connectivity index (χ0) is 19.8. The molecule has 0 unspecified atom stereocenters. The van der Waals surface area contributed by atoms with E-state index in [1.807, 2.05) is 24.3 Å². The van der Waals surface area contributed by atoms with Gasteiger partial charge in [-0.15, -0.1) is 0 Å². The Hall–Kier alpha value is -2.31. The van der Waals surface area contributed by atoms with Crippen LogP contribution >= 0.6 is 11.6 Å². The largest absolute Gasteiger partial charge is 0.264 e. The predicted molar refractivity (Wildman–Crippen MR) is 110 cm³/mol. The Labute approximate surface area is 165 Å². The molecule has 7 heteroatoms. The molecule has 27 heavy (non-hydrogen) atoms. The topological polar surface area (TPSA) is 64.0 Å². The molecule has 0 atom stereocenters. The van der Waals surface area contributed by atoms with Gasteiger partial charge in [0, 0.05) is 23.7 Å². The van der Waals surface area contributed by atoms with Gasteiger partial charge in [-0.3, -0.25) is 9.40 Å². The summed E-state index contributed by atoms with van der Waals surface area (Å²) in [4.78, 5) is 0.213. The zero-order valence-electron chi connectivity index (χ0n) is 15.7. The van der Waals surface area contributed by atoms with Gasteiger partial charge in [-0.1, -0.05) is 56.6 Å². The van der Waals surface area contributed by atoms with Crippen LogP contribution in [0.15, 0.2) is 59.5 Å². The van der Waals surface area contributed by atoms with Gasteiger partial charge in [0.1, 0.15) is 5.82 Å². The van der Waals surface area contributed by atoms with Gasteiger partial charge in [0.25, 0.3) is 10.0 Å². The quantitative estimate of drug-likeness (QED) is 0.677. The van der Waals surface area contributed by atoms with Gasteiger partial charge in [-0.25, -0.2) is 8.42 Å². The van der Waals surface area contributed by atoms with E-state index in [0.717, 1.165) is 11.1 Å². The van der Waals surface area contributed by atoms with Gasteiger partial charge in [0.15, 0.2) is 0 Å². The van der Waals surface area contributed by atoms with Crippen LogP contribution < -0.4 is 4.72 Å². The molecule has 1 aromatic heterocycles. The fraction of sp³-hybridized carbons (Fsp3) is 0.250. The molecule has 0 aliphatic rings. The normalized spacial score (nSPS) is 12.2. The number of hydrogen-bond donors (Lipinski definition) is 1. The van der Waals surface area contributed by atoms with Gasteiger partial charge < -0.3 is 0 Å². The Morgan fingerprint density at radius 1 is 1.00 bits per heavy atom. The lowest BCUT2D eigenvalue weighted by Gasteiger charge is -2.19. The van der Waals surface area contributed by atoms with E-state index in [1.54, 1.807) is 37.4 Å². The highest BCUT2D eigenvalue weighted by molar-refractivity contribution is 7.92. The highest BCUT2D eigenvalue weighted by atomic mass is 35.5. The molecule has 0 fully saturated rings. The van der Waals surface area contributed by atoms with E-state index >= 15 is 0 Å². The van der Waals surface area contributed by atoms with Crippen LogP contribution in [-0.4, -0.2) is 18.2 Å². The van der Waals surface area contributed by atoms with Crippen LogP contribution in [0, 0.1) is 0 Å². The van der Waals surface area contributed by atoms with Crippen molar-refractivity contribution in [2.24, 2.45) is 7.05 Å². The maximum atomic E-state index is 12.7. The van der Waals surface area contributed by atoms with Crippen molar-refractivity contribution in [3.8, 4) is 11.3 Å². The van der Waals surface area contributed by atoms with Gasteiger partial charge >= 0.3 is 0 Å². The number of halogens is 1. The molecule has 0 radical (unpaired) electrons. The van der Waals surface area contributed by atoms with E-state index < -0.39 is 10.0 Å². The summed E-state index contributed by atoms with van der Waals surface area (Å²) in [5.41, 5.74) is 2.56. The second-order valence-electron chi connectivity index (χ2n) is 7.43. The Balaban J connectivity index is 1.87. The third kappa shape index (κ3) is 4.34. The fourth-order valence-corrected chi connectivity index (χ4v) is 3.86. The fourth-order valence-electron chi connectivity index (χ4n) is 2.66. The maximum absolute atomic E-state index is 12.7. The zero-order valence-corrected chi connectivity index (χ0v) is 17.3. The van der Waals surface area contributed by atoms with Crippen LogP contribution in [0.2, 0.25) is 5.02 Å². The summed E-state index contributed by atoms with van der Waals surface area (Å²) in [6.07, 6.45) is 0. The lowest BCUT2D eigenvalue weighted by Crippen LogP contribution is -2.16. The Bertz CT molecular complexity index is 1050. The lowest BCUT2D eigenvalue weighted by atomic mass is 9.87. The highest BCUT2D eigenvalue weighted by Gasteiger charge is 2.19. The third-order valence-corrected chi connectivity index (χ3v) is 5.91. The monoisotopic (exact) mass is 403 g/mol. The van der Waals surface area contributed by atoms with E-state index in [1.165, 1.54) is 4.68 Å². The first-order valence-electron chi connectivity index (χ1n) is 8.50. The minimum Gasteiger partial charge on any atom is -0.264 e. The first-order valence-corrected chi connectivity index (χ1v) is 10.4. The molecule has 0 aliphatic heterocycles. The van der Waals surface area contributed by atoms with Crippen LogP contribution in [0.3, 0.4) is 0 Å². The summed E-state index contributed by atoms with van der Waals surface area (Å²) in [5, 5.41) is 5.02. The van der Waals surface area contributed by atoms with Crippen LogP contribution in [0.5, 0.6) is 0 Å². The average Bonchev–Trinajstić information content (AvgIpc) is 2.95. The van der Waals surface area contributed by atoms with Crippen molar-refractivity contribution in [1.82, 2.24) is 9.78 Å². The lowest BCUT2D eigenvalue weighted by molar-refractivity contribution is 0.587. The molecule has 1 heterocycles. The molecule has 0 amide bonds. The van der Waals surface area contributed by atoms with Crippen LogP contribution in [-0.2, 0) is 22.5 Å². The number of anilines is 1. The van der Waals surface area contributed by atoms with E-state index in [9.17, 15) is 8.42 Å². The second kappa shape index (κ2) is 7.02. The first-order chi connectivity index (χ1) is 12.6. The van der Waals surface area contributed by atoms with Crippen molar-refractivity contribution >= 4 is 27.4 Å². The Morgan fingerprint density at radius 2 is 1.59 bits per heavy atom. The molecule has 0 aliphatic carbocycles. The summed E-state index contributed by atoms with van der Waals surface area (Å²) in [5.74, 6) is 0.389. The molecule has 3 aromatic rings. The van der Waals surface area contributed by atoms with E-state index in [0.29, 0.717) is 16.5 Å². The predicted octanol–water partition coefficient (Wildman–Crippen LogP) is 4.84. The van der Waals surface area contributed by atoms with Gasteiger partial charge in [0.2, 0.25) is 0 Å². The van der Waals surface area contributed by atoms with Crippen LogP contribution in [0.25, 0.3) is 11.3 Å². The number of aryl methyl sites for hydroxylation is 1. The molecule has 0 saturated heterocycles. The smallest absolute Gasteiger partial charge is 0.263 e. The minimum atomic E-state index is -3.71. The molecule has 2 aromatic carbocycles. The van der Waals surface area contributed by atoms with E-state index in [2.05, 4.69) is 30.6 Å². The summed E-state index contributed by atoms with van der Waals surface area (Å²) < 4.78 is 29.6. The molecular weight excluding hydrogens is 382 g/mol. The second-order valence-corrected chi connectivity index (χ2v) is 9.54. The van der Waals surface area contributed by atoms with E-state index in [4.69, 9.17) is 11.6 Å². The van der Waals surface area contributed by atoms with Gasteiger partial charge in [-0.2, -0.15) is 5.10 Å². The van der Waals surface area contributed by atoms with Crippen molar-refractivity contribution in [3.05, 3.63) is 65.2 Å². The maximum Gasteiger partial charge on any atom is 0.263 e. The summed E-state index contributed by atoms with van der Waals surface area (Å²) in [6.45, 7) is 6.26. The van der Waals surface area contributed by atoms with Crippen molar-refractivity contribution in [2.75, 3.05) is 4.72 Å². The number of benzene rings is 2. The van der Waals surface area contributed by atoms with Gasteiger partial charge in [0.05, 0.1) is 10.6 Å².